The van der Waals surface area contributed by atoms with Crippen LogP contribution in [0.15, 0.2) is 0 Å². The predicted octanol–water partition coefficient (Wildman–Crippen LogP) is -1.61. The standard InChI is InChI=1S/C7H11BO4/c8-6-4-5(10)7(3-9,12-6)1-2-11-4/h4-6,9-10H,1-3H2/t4-,5+,6-,7-/m1/s1. The van der Waals surface area contributed by atoms with Crippen molar-refractivity contribution >= 4 is 7.85 Å². The fraction of sp³-hybridized carbons (Fsp3) is 1.00. The minimum atomic E-state index is -0.873. The zero-order chi connectivity index (χ0) is 8.77. The largest absolute Gasteiger partial charge is 0.393 e. The highest BCUT2D eigenvalue weighted by Gasteiger charge is 2.55. The van der Waals surface area contributed by atoms with Crippen LogP contribution >= 0.6 is 0 Å². The quantitative estimate of drug-likeness (QED) is 0.465. The first kappa shape index (κ1) is 8.50. The molecular formula is C7H11BO4. The zero-order valence-electron chi connectivity index (χ0n) is 6.64. The van der Waals surface area contributed by atoms with E-state index in [4.69, 9.17) is 22.4 Å². The van der Waals surface area contributed by atoms with Gasteiger partial charge in [-0.3, -0.25) is 0 Å². The van der Waals surface area contributed by atoms with Crippen LogP contribution in [0.2, 0.25) is 0 Å². The maximum atomic E-state index is 9.64. The molecule has 2 aliphatic rings. The van der Waals surface area contributed by atoms with Gasteiger partial charge in [-0.05, 0) is 0 Å². The third-order valence-corrected chi connectivity index (χ3v) is 2.65. The Morgan fingerprint density at radius 1 is 1.58 bits per heavy atom. The van der Waals surface area contributed by atoms with Gasteiger partial charge in [0.05, 0.1) is 13.2 Å². The molecule has 0 unspecified atom stereocenters. The summed E-state index contributed by atoms with van der Waals surface area (Å²) in [6.07, 6.45) is -0.786. The van der Waals surface area contributed by atoms with E-state index >= 15 is 0 Å². The van der Waals surface area contributed by atoms with Crippen molar-refractivity contribution in [3.8, 4) is 0 Å². The summed E-state index contributed by atoms with van der Waals surface area (Å²) in [5.41, 5.74) is -0.873. The first-order valence-electron chi connectivity index (χ1n) is 4.03. The molecule has 12 heavy (non-hydrogen) atoms. The summed E-state index contributed by atoms with van der Waals surface area (Å²) in [6, 6.07) is -0.616. The van der Waals surface area contributed by atoms with Crippen LogP contribution in [0.1, 0.15) is 6.42 Å². The van der Waals surface area contributed by atoms with Crippen LogP contribution in [0.25, 0.3) is 0 Å². The molecule has 2 radical (unpaired) electrons. The molecule has 66 valence electrons. The third-order valence-electron chi connectivity index (χ3n) is 2.65. The number of fused-ring (bicyclic) bond motifs is 2. The Morgan fingerprint density at radius 3 is 2.92 bits per heavy atom. The van der Waals surface area contributed by atoms with Gasteiger partial charge in [0.25, 0.3) is 0 Å². The minimum absolute atomic E-state index is 0.207. The molecule has 5 heteroatoms. The van der Waals surface area contributed by atoms with Crippen LogP contribution in [0.4, 0.5) is 0 Å². The summed E-state index contributed by atoms with van der Waals surface area (Å²) in [4.78, 5) is 0. The highest BCUT2D eigenvalue weighted by molar-refractivity contribution is 6.11. The third kappa shape index (κ3) is 0.940. The lowest BCUT2D eigenvalue weighted by molar-refractivity contribution is -0.138. The van der Waals surface area contributed by atoms with Crippen molar-refractivity contribution in [3.05, 3.63) is 0 Å². The van der Waals surface area contributed by atoms with E-state index in [1.165, 1.54) is 0 Å². The van der Waals surface area contributed by atoms with Crippen LogP contribution in [0, 0.1) is 0 Å². The number of hydrogen-bond acceptors (Lipinski definition) is 4. The molecule has 0 aromatic heterocycles. The number of aliphatic hydroxyl groups excluding tert-OH is 2. The molecule has 4 atom stereocenters. The number of aliphatic hydroxyl groups is 2. The molecule has 0 aromatic carbocycles. The van der Waals surface area contributed by atoms with E-state index in [0.717, 1.165) is 0 Å². The second-order valence-corrected chi connectivity index (χ2v) is 3.34. The summed E-state index contributed by atoms with van der Waals surface area (Å²) < 4.78 is 10.5. The van der Waals surface area contributed by atoms with Gasteiger partial charge in [0.15, 0.2) is 0 Å². The molecule has 2 aliphatic heterocycles. The van der Waals surface area contributed by atoms with Gasteiger partial charge in [-0.15, -0.1) is 0 Å². The molecule has 2 rings (SSSR count). The van der Waals surface area contributed by atoms with E-state index < -0.39 is 23.8 Å². The van der Waals surface area contributed by atoms with Crippen molar-refractivity contribution in [2.24, 2.45) is 0 Å². The van der Waals surface area contributed by atoms with Gasteiger partial charge in [-0.2, -0.15) is 0 Å². The van der Waals surface area contributed by atoms with Crippen LogP contribution in [-0.4, -0.2) is 55.1 Å². The molecule has 2 N–H and O–H groups in total. The zero-order valence-corrected chi connectivity index (χ0v) is 6.64. The summed E-state index contributed by atoms with van der Waals surface area (Å²) in [7, 11) is 5.55. The Balaban J connectivity index is 2.24. The van der Waals surface area contributed by atoms with E-state index in [9.17, 15) is 5.11 Å². The molecule has 4 nitrogen and oxygen atoms in total. The van der Waals surface area contributed by atoms with Crippen molar-refractivity contribution in [2.75, 3.05) is 13.2 Å². The van der Waals surface area contributed by atoms with Gasteiger partial charge in [0.2, 0.25) is 0 Å². The lowest BCUT2D eigenvalue weighted by Crippen LogP contribution is -2.51. The summed E-state index contributed by atoms with van der Waals surface area (Å²) >= 11 is 0. The molecule has 0 aromatic rings. The molecule has 0 spiro atoms. The summed E-state index contributed by atoms with van der Waals surface area (Å²) in [5, 5.41) is 18.7. The minimum Gasteiger partial charge on any atom is -0.393 e. The molecule has 0 aliphatic carbocycles. The monoisotopic (exact) mass is 170 g/mol. The average molecular weight is 170 g/mol. The normalized spacial score (nSPS) is 52.7. The molecule has 0 amide bonds. The second kappa shape index (κ2) is 2.70. The van der Waals surface area contributed by atoms with Crippen LogP contribution in [0.5, 0.6) is 0 Å². The van der Waals surface area contributed by atoms with Gasteiger partial charge in [-0.1, -0.05) is 0 Å². The lowest BCUT2D eigenvalue weighted by Gasteiger charge is -2.34. The van der Waals surface area contributed by atoms with E-state index in [1.54, 1.807) is 0 Å². The fourth-order valence-corrected chi connectivity index (χ4v) is 1.86. The molecular weight excluding hydrogens is 159 g/mol. The number of ether oxygens (including phenoxy) is 2. The van der Waals surface area contributed by atoms with Crippen LogP contribution < -0.4 is 0 Å². The van der Waals surface area contributed by atoms with Crippen molar-refractivity contribution < 1.29 is 19.7 Å². The Hall–Kier alpha value is -0.0951. The summed E-state index contributed by atoms with van der Waals surface area (Å²) in [6.45, 7) is 0.276. The first-order chi connectivity index (χ1) is 5.69. The topological polar surface area (TPSA) is 58.9 Å². The van der Waals surface area contributed by atoms with Crippen molar-refractivity contribution in [1.29, 1.82) is 0 Å². The van der Waals surface area contributed by atoms with Crippen molar-refractivity contribution in [3.63, 3.8) is 0 Å². The van der Waals surface area contributed by atoms with Gasteiger partial charge in [0.1, 0.15) is 25.7 Å². The van der Waals surface area contributed by atoms with Crippen LogP contribution in [-0.2, 0) is 9.47 Å². The smallest absolute Gasteiger partial charge is 0.121 e. The number of hydrogen-bond donors (Lipinski definition) is 2. The van der Waals surface area contributed by atoms with Gasteiger partial charge in [0, 0.05) is 12.4 Å². The van der Waals surface area contributed by atoms with E-state index in [0.29, 0.717) is 13.0 Å². The number of rotatable bonds is 1. The van der Waals surface area contributed by atoms with E-state index in [-0.39, 0.29) is 6.61 Å². The molecule has 2 saturated heterocycles. The van der Waals surface area contributed by atoms with E-state index in [1.807, 2.05) is 0 Å². The SMILES string of the molecule is [B][C@@H]1O[C@@]2(CO)CCO[C@@H]1[C@@H]2O. The molecule has 2 fully saturated rings. The van der Waals surface area contributed by atoms with E-state index in [2.05, 4.69) is 0 Å². The van der Waals surface area contributed by atoms with Gasteiger partial charge >= 0.3 is 0 Å². The Morgan fingerprint density at radius 2 is 2.33 bits per heavy atom. The Kier molecular flexibility index (Phi) is 1.91. The molecule has 2 heterocycles. The lowest BCUT2D eigenvalue weighted by atomic mass is 9.86. The average Bonchev–Trinajstić information content (AvgIpc) is 2.23. The first-order valence-corrected chi connectivity index (χ1v) is 4.03. The molecule has 0 saturated carbocycles. The second-order valence-electron chi connectivity index (χ2n) is 3.34. The summed E-state index contributed by atoms with van der Waals surface area (Å²) in [5.74, 6) is 0. The maximum Gasteiger partial charge on any atom is 0.121 e. The fourth-order valence-electron chi connectivity index (χ4n) is 1.86. The van der Waals surface area contributed by atoms with Gasteiger partial charge < -0.3 is 19.7 Å². The Labute approximate surface area is 71.9 Å². The van der Waals surface area contributed by atoms with Crippen LogP contribution in [0.3, 0.4) is 0 Å². The highest BCUT2D eigenvalue weighted by Crippen LogP contribution is 2.38. The van der Waals surface area contributed by atoms with Crippen molar-refractivity contribution in [2.45, 2.75) is 30.2 Å². The predicted molar refractivity (Wildman–Crippen MR) is 40.8 cm³/mol. The Bertz CT molecular complexity index is 188. The maximum absolute atomic E-state index is 9.64. The van der Waals surface area contributed by atoms with Crippen molar-refractivity contribution in [1.82, 2.24) is 0 Å². The molecule has 2 bridgehead atoms. The van der Waals surface area contributed by atoms with Gasteiger partial charge in [-0.25, -0.2) is 0 Å². The highest BCUT2D eigenvalue weighted by atomic mass is 16.6.